The Morgan fingerprint density at radius 1 is 0.923 bits per heavy atom. The van der Waals surface area contributed by atoms with E-state index in [4.69, 9.17) is 5.73 Å². The molecule has 3 fully saturated rings. The van der Waals surface area contributed by atoms with Gasteiger partial charge in [0.15, 0.2) is 0 Å². The zero-order valence-electron chi connectivity index (χ0n) is 16.1. The molecule has 2 amide bonds. The number of amides is 2. The summed E-state index contributed by atoms with van der Waals surface area (Å²) in [4.78, 5) is 27.3. The number of nitrogens with two attached hydrogens (primary N) is 1. The number of carbonyl (C=O) groups excluding carboxylic acids is 2. The number of likely N-dealkylation sites (tertiary alicyclic amines) is 1. The third-order valence-electron chi connectivity index (χ3n) is 6.59. The number of halogens is 1. The van der Waals surface area contributed by atoms with Crippen LogP contribution in [0.25, 0.3) is 0 Å². The van der Waals surface area contributed by atoms with Crippen LogP contribution in [0.2, 0.25) is 0 Å². The van der Waals surface area contributed by atoms with Crippen molar-refractivity contribution in [2.45, 2.75) is 95.7 Å². The van der Waals surface area contributed by atoms with Crippen molar-refractivity contribution in [1.29, 1.82) is 0 Å². The van der Waals surface area contributed by atoms with Crippen molar-refractivity contribution in [2.24, 2.45) is 17.6 Å². The zero-order valence-corrected chi connectivity index (χ0v) is 16.9. The van der Waals surface area contributed by atoms with Crippen molar-refractivity contribution in [1.82, 2.24) is 10.2 Å². The first-order valence-electron chi connectivity index (χ1n) is 10.4. The normalized spacial score (nSPS) is 31.2. The van der Waals surface area contributed by atoms with Crippen LogP contribution in [0.3, 0.4) is 0 Å². The van der Waals surface area contributed by atoms with Crippen LogP contribution in [0.4, 0.5) is 0 Å². The first-order chi connectivity index (χ1) is 12.1. The third-order valence-corrected chi connectivity index (χ3v) is 6.59. The first-order valence-corrected chi connectivity index (χ1v) is 10.4. The molecule has 0 spiro atoms. The van der Waals surface area contributed by atoms with Gasteiger partial charge in [0.05, 0.1) is 0 Å². The average molecular weight is 386 g/mol. The van der Waals surface area contributed by atoms with Gasteiger partial charge in [0.25, 0.3) is 0 Å². The summed E-state index contributed by atoms with van der Waals surface area (Å²) in [5, 5.41) is 3.24. The summed E-state index contributed by atoms with van der Waals surface area (Å²) >= 11 is 0. The quantitative estimate of drug-likeness (QED) is 0.781. The lowest BCUT2D eigenvalue weighted by molar-refractivity contribution is -0.141. The second kappa shape index (κ2) is 9.93. The summed E-state index contributed by atoms with van der Waals surface area (Å²) < 4.78 is 0. The Morgan fingerprint density at radius 2 is 1.54 bits per heavy atom. The average Bonchev–Trinajstić information content (AvgIpc) is 3.16. The van der Waals surface area contributed by atoms with Gasteiger partial charge in [0.2, 0.25) is 11.8 Å². The maximum absolute atomic E-state index is 13.0. The van der Waals surface area contributed by atoms with Crippen LogP contribution in [0.5, 0.6) is 0 Å². The summed E-state index contributed by atoms with van der Waals surface area (Å²) in [6.45, 7) is 2.88. The fourth-order valence-electron chi connectivity index (χ4n) is 5.00. The van der Waals surface area contributed by atoms with Crippen molar-refractivity contribution in [3.63, 3.8) is 0 Å². The molecule has 2 unspecified atom stereocenters. The lowest BCUT2D eigenvalue weighted by Crippen LogP contribution is -2.54. The molecule has 2 atom stereocenters. The van der Waals surface area contributed by atoms with Gasteiger partial charge < -0.3 is 16.0 Å². The van der Waals surface area contributed by atoms with Crippen LogP contribution in [-0.4, -0.2) is 41.4 Å². The highest BCUT2D eigenvalue weighted by Gasteiger charge is 2.35. The molecule has 3 N–H and O–H groups in total. The van der Waals surface area contributed by atoms with E-state index in [-0.39, 0.29) is 48.3 Å². The number of hydrogen-bond acceptors (Lipinski definition) is 3. The molecule has 6 heteroatoms. The van der Waals surface area contributed by atoms with Crippen molar-refractivity contribution >= 4 is 24.2 Å². The van der Waals surface area contributed by atoms with Crippen molar-refractivity contribution in [3.8, 4) is 0 Å². The molecule has 1 saturated heterocycles. The molecule has 26 heavy (non-hydrogen) atoms. The summed E-state index contributed by atoms with van der Waals surface area (Å²) in [5.74, 6) is 0.918. The summed E-state index contributed by atoms with van der Waals surface area (Å²) in [6, 6.07) is 0.523. The fourth-order valence-corrected chi connectivity index (χ4v) is 5.00. The number of nitrogens with zero attached hydrogens (tertiary/aromatic N) is 1. The van der Waals surface area contributed by atoms with E-state index >= 15 is 0 Å². The molecule has 150 valence electrons. The molecule has 0 bridgehead atoms. The van der Waals surface area contributed by atoms with E-state index in [1.165, 1.54) is 19.3 Å². The van der Waals surface area contributed by atoms with Gasteiger partial charge in [-0.05, 0) is 64.7 Å². The van der Waals surface area contributed by atoms with Gasteiger partial charge in [-0.15, -0.1) is 12.4 Å². The third kappa shape index (κ3) is 5.13. The van der Waals surface area contributed by atoms with Crippen LogP contribution in [-0.2, 0) is 9.59 Å². The van der Waals surface area contributed by atoms with Crippen LogP contribution in [0.1, 0.15) is 77.6 Å². The number of nitrogens with one attached hydrogen (secondary N) is 1. The van der Waals surface area contributed by atoms with E-state index in [9.17, 15) is 9.59 Å². The number of hydrogen-bond donors (Lipinski definition) is 2. The zero-order chi connectivity index (χ0) is 17.8. The SMILES string of the molecule is CC(N)C1CCCCN1C(=O)C1CCC(NC(=O)C2CCCC2)CC1.Cl. The van der Waals surface area contributed by atoms with Gasteiger partial charge in [-0.3, -0.25) is 9.59 Å². The Kier molecular flexibility index (Phi) is 8.21. The molecule has 3 rings (SSSR count). The van der Waals surface area contributed by atoms with Gasteiger partial charge in [-0.25, -0.2) is 0 Å². The second-order valence-electron chi connectivity index (χ2n) is 8.49. The van der Waals surface area contributed by atoms with E-state index < -0.39 is 0 Å². The van der Waals surface area contributed by atoms with Crippen LogP contribution in [0, 0.1) is 11.8 Å². The van der Waals surface area contributed by atoms with Crippen LogP contribution in [0.15, 0.2) is 0 Å². The lowest BCUT2D eigenvalue weighted by Gasteiger charge is -2.41. The maximum atomic E-state index is 13.0. The predicted octanol–water partition coefficient (Wildman–Crippen LogP) is 3.00. The number of rotatable bonds is 4. The molecular weight excluding hydrogens is 350 g/mol. The number of piperidine rings is 1. The molecule has 0 radical (unpaired) electrons. The summed E-state index contributed by atoms with van der Waals surface area (Å²) in [5.41, 5.74) is 6.12. The van der Waals surface area contributed by atoms with Crippen molar-refractivity contribution < 1.29 is 9.59 Å². The summed E-state index contributed by atoms with van der Waals surface area (Å²) in [6.07, 6.45) is 11.5. The summed E-state index contributed by atoms with van der Waals surface area (Å²) in [7, 11) is 0. The van der Waals surface area contributed by atoms with Gasteiger partial charge in [0.1, 0.15) is 0 Å². The van der Waals surface area contributed by atoms with Gasteiger partial charge in [-0.1, -0.05) is 12.8 Å². The van der Waals surface area contributed by atoms with E-state index in [1.807, 2.05) is 6.92 Å². The molecule has 1 heterocycles. The monoisotopic (exact) mass is 385 g/mol. The van der Waals surface area contributed by atoms with Crippen molar-refractivity contribution in [3.05, 3.63) is 0 Å². The van der Waals surface area contributed by atoms with Gasteiger partial charge in [0, 0.05) is 36.5 Å². The Morgan fingerprint density at radius 3 is 2.15 bits per heavy atom. The molecule has 1 aliphatic heterocycles. The highest BCUT2D eigenvalue weighted by molar-refractivity contribution is 5.85. The van der Waals surface area contributed by atoms with E-state index in [1.54, 1.807) is 0 Å². The Hall–Kier alpha value is -0.810. The predicted molar refractivity (Wildman–Crippen MR) is 106 cm³/mol. The first kappa shape index (κ1) is 21.5. The fraction of sp³-hybridized carbons (Fsp3) is 0.900. The topological polar surface area (TPSA) is 75.4 Å². The Labute approximate surface area is 164 Å². The van der Waals surface area contributed by atoms with Crippen molar-refractivity contribution in [2.75, 3.05) is 6.54 Å². The van der Waals surface area contributed by atoms with E-state index in [0.29, 0.717) is 5.91 Å². The molecule has 0 aromatic carbocycles. The molecule has 0 aromatic rings. The smallest absolute Gasteiger partial charge is 0.225 e. The van der Waals surface area contributed by atoms with Crippen LogP contribution >= 0.6 is 12.4 Å². The largest absolute Gasteiger partial charge is 0.353 e. The molecule has 2 aliphatic carbocycles. The Bertz CT molecular complexity index is 472. The Balaban J connectivity index is 0.00000243. The molecule has 5 nitrogen and oxygen atoms in total. The molecular formula is C20H36ClN3O2. The molecule has 3 aliphatic rings. The van der Waals surface area contributed by atoms with Gasteiger partial charge >= 0.3 is 0 Å². The standard InChI is InChI=1S/C20H35N3O2.ClH/c1-14(21)18-8-4-5-13-23(18)20(25)16-9-11-17(12-10-16)22-19(24)15-6-2-3-7-15;/h14-18H,2-13,21H2,1H3,(H,22,24);1H. The minimum absolute atomic E-state index is 0. The van der Waals surface area contributed by atoms with Gasteiger partial charge in [-0.2, -0.15) is 0 Å². The highest BCUT2D eigenvalue weighted by atomic mass is 35.5. The minimum Gasteiger partial charge on any atom is -0.353 e. The second-order valence-corrected chi connectivity index (χ2v) is 8.49. The number of carbonyl (C=O) groups is 2. The molecule has 0 aromatic heterocycles. The lowest BCUT2D eigenvalue weighted by atomic mass is 9.83. The molecule has 2 saturated carbocycles. The van der Waals surface area contributed by atoms with Crippen LogP contribution < -0.4 is 11.1 Å². The highest BCUT2D eigenvalue weighted by Crippen LogP contribution is 2.30. The van der Waals surface area contributed by atoms with E-state index in [2.05, 4.69) is 10.2 Å². The van der Waals surface area contributed by atoms with E-state index in [0.717, 1.165) is 57.9 Å². The minimum atomic E-state index is 0. The maximum Gasteiger partial charge on any atom is 0.225 e.